The van der Waals surface area contributed by atoms with Crippen molar-refractivity contribution in [3.63, 3.8) is 0 Å². The number of hydrogen-bond acceptors (Lipinski definition) is 5. The Morgan fingerprint density at radius 1 is 1.45 bits per heavy atom. The number of sulfone groups is 1. The van der Waals surface area contributed by atoms with Crippen LogP contribution in [0.25, 0.3) is 0 Å². The first-order valence-electron chi connectivity index (χ1n) is 6.17. The molecule has 1 aromatic rings. The van der Waals surface area contributed by atoms with Gasteiger partial charge in [0.05, 0.1) is 10.3 Å². The standard InChI is InChI=1S/C13H21N3O2S2/c1-8-6-9(2)16-12(10(8)11(14)19)15-7-13(3,4)20(5,17)18/h6H,7H2,1-5H3,(H2,14,19)(H,15,16). The van der Waals surface area contributed by atoms with Crippen molar-refractivity contribution in [1.29, 1.82) is 0 Å². The van der Waals surface area contributed by atoms with E-state index >= 15 is 0 Å². The number of nitrogens with two attached hydrogens (primary N) is 1. The van der Waals surface area contributed by atoms with Gasteiger partial charge in [0.1, 0.15) is 10.8 Å². The van der Waals surface area contributed by atoms with Crippen molar-refractivity contribution < 1.29 is 8.42 Å². The van der Waals surface area contributed by atoms with Gasteiger partial charge in [-0.2, -0.15) is 0 Å². The molecule has 7 heteroatoms. The van der Waals surface area contributed by atoms with Crippen LogP contribution >= 0.6 is 12.2 Å². The average molecular weight is 315 g/mol. The summed E-state index contributed by atoms with van der Waals surface area (Å²) in [6.07, 6.45) is 1.22. The Labute approximate surface area is 125 Å². The number of anilines is 1. The number of nitrogens with one attached hydrogen (secondary N) is 1. The van der Waals surface area contributed by atoms with E-state index in [1.165, 1.54) is 6.26 Å². The largest absolute Gasteiger partial charge is 0.389 e. The Hall–Kier alpha value is -1.21. The fourth-order valence-corrected chi connectivity index (χ4v) is 2.30. The highest BCUT2D eigenvalue weighted by Gasteiger charge is 2.30. The smallest absolute Gasteiger partial charge is 0.154 e. The third kappa shape index (κ3) is 3.67. The van der Waals surface area contributed by atoms with Crippen molar-refractivity contribution in [2.75, 3.05) is 18.1 Å². The molecule has 0 fully saturated rings. The maximum absolute atomic E-state index is 11.7. The molecule has 5 nitrogen and oxygen atoms in total. The minimum atomic E-state index is -3.18. The van der Waals surface area contributed by atoms with Gasteiger partial charge < -0.3 is 11.1 Å². The summed E-state index contributed by atoms with van der Waals surface area (Å²) in [7, 11) is -3.18. The van der Waals surface area contributed by atoms with E-state index in [1.54, 1.807) is 13.8 Å². The molecule has 0 amide bonds. The Bertz CT molecular complexity index is 637. The molecule has 1 heterocycles. The van der Waals surface area contributed by atoms with Gasteiger partial charge in [-0.15, -0.1) is 0 Å². The summed E-state index contributed by atoms with van der Waals surface area (Å²) in [4.78, 5) is 4.61. The van der Waals surface area contributed by atoms with Gasteiger partial charge in [0.25, 0.3) is 0 Å². The first-order chi connectivity index (χ1) is 8.95. The first-order valence-corrected chi connectivity index (χ1v) is 8.47. The summed E-state index contributed by atoms with van der Waals surface area (Å²) >= 11 is 5.04. The van der Waals surface area contributed by atoms with Gasteiger partial charge in [-0.05, 0) is 39.3 Å². The van der Waals surface area contributed by atoms with Crippen molar-refractivity contribution in [1.82, 2.24) is 4.98 Å². The Morgan fingerprint density at radius 2 is 2.00 bits per heavy atom. The van der Waals surface area contributed by atoms with Gasteiger partial charge in [0, 0.05) is 18.5 Å². The molecule has 0 spiro atoms. The molecule has 0 aliphatic carbocycles. The number of rotatable bonds is 5. The molecule has 3 N–H and O–H groups in total. The molecule has 0 aliphatic heterocycles. The predicted molar refractivity (Wildman–Crippen MR) is 87.0 cm³/mol. The van der Waals surface area contributed by atoms with Crippen molar-refractivity contribution in [3.8, 4) is 0 Å². The van der Waals surface area contributed by atoms with Gasteiger partial charge in [-0.25, -0.2) is 13.4 Å². The summed E-state index contributed by atoms with van der Waals surface area (Å²) < 4.78 is 22.5. The molecule has 0 saturated carbocycles. The van der Waals surface area contributed by atoms with Gasteiger partial charge in [0.15, 0.2) is 9.84 Å². The van der Waals surface area contributed by atoms with Gasteiger partial charge >= 0.3 is 0 Å². The zero-order valence-electron chi connectivity index (χ0n) is 12.4. The lowest BCUT2D eigenvalue weighted by atomic mass is 10.1. The third-order valence-corrected chi connectivity index (χ3v) is 5.63. The zero-order chi connectivity index (χ0) is 15.7. The van der Waals surface area contributed by atoms with Gasteiger partial charge in [-0.3, -0.25) is 0 Å². The summed E-state index contributed by atoms with van der Waals surface area (Å²) in [6, 6.07) is 1.89. The number of hydrogen-bond donors (Lipinski definition) is 2. The number of aryl methyl sites for hydroxylation is 2. The van der Waals surface area contributed by atoms with E-state index in [0.717, 1.165) is 11.3 Å². The molecule has 112 valence electrons. The molecule has 0 aromatic carbocycles. The second-order valence-electron chi connectivity index (χ2n) is 5.55. The first kappa shape index (κ1) is 16.8. The normalized spacial score (nSPS) is 12.2. The molecule has 20 heavy (non-hydrogen) atoms. The number of nitrogens with zero attached hydrogens (tertiary/aromatic N) is 1. The van der Waals surface area contributed by atoms with Crippen LogP contribution in [0.4, 0.5) is 5.82 Å². The van der Waals surface area contributed by atoms with E-state index < -0.39 is 14.6 Å². The van der Waals surface area contributed by atoms with Crippen LogP contribution < -0.4 is 11.1 Å². The van der Waals surface area contributed by atoms with Crippen LogP contribution in [0.5, 0.6) is 0 Å². The van der Waals surface area contributed by atoms with E-state index in [2.05, 4.69) is 10.3 Å². The van der Waals surface area contributed by atoms with E-state index in [4.69, 9.17) is 18.0 Å². The zero-order valence-corrected chi connectivity index (χ0v) is 14.1. The van der Waals surface area contributed by atoms with Crippen molar-refractivity contribution in [2.24, 2.45) is 5.73 Å². The topological polar surface area (TPSA) is 85.1 Å². The van der Waals surface area contributed by atoms with E-state index in [9.17, 15) is 8.42 Å². The second-order valence-corrected chi connectivity index (χ2v) is 8.64. The van der Waals surface area contributed by atoms with Crippen LogP contribution in [0.15, 0.2) is 6.07 Å². The van der Waals surface area contributed by atoms with Gasteiger partial charge in [0.2, 0.25) is 0 Å². The maximum atomic E-state index is 11.7. The summed E-state index contributed by atoms with van der Waals surface area (Å²) in [5.41, 5.74) is 8.13. The molecule has 0 radical (unpaired) electrons. The van der Waals surface area contributed by atoms with Crippen molar-refractivity contribution in [2.45, 2.75) is 32.4 Å². The quantitative estimate of drug-likeness (QED) is 0.802. The minimum Gasteiger partial charge on any atom is -0.389 e. The van der Waals surface area contributed by atoms with Gasteiger partial charge in [-0.1, -0.05) is 12.2 Å². The minimum absolute atomic E-state index is 0.233. The fourth-order valence-electron chi connectivity index (χ4n) is 1.70. The van der Waals surface area contributed by atoms with E-state index in [1.807, 2.05) is 19.9 Å². The molecule has 0 aliphatic rings. The predicted octanol–water partition coefficient (Wildman–Crippen LogP) is 1.57. The lowest BCUT2D eigenvalue weighted by Crippen LogP contribution is -2.38. The summed E-state index contributed by atoms with van der Waals surface area (Å²) in [6.45, 7) is 7.33. The second kappa shape index (κ2) is 5.65. The van der Waals surface area contributed by atoms with E-state index in [-0.39, 0.29) is 11.5 Å². The molecule has 0 unspecified atom stereocenters. The van der Waals surface area contributed by atoms with Crippen molar-refractivity contribution in [3.05, 3.63) is 22.9 Å². The van der Waals surface area contributed by atoms with Crippen LogP contribution in [0, 0.1) is 13.8 Å². The van der Waals surface area contributed by atoms with Crippen LogP contribution in [-0.4, -0.2) is 35.9 Å². The fraction of sp³-hybridized carbons (Fsp3) is 0.538. The average Bonchev–Trinajstić information content (AvgIpc) is 2.23. The Morgan fingerprint density at radius 3 is 2.45 bits per heavy atom. The van der Waals surface area contributed by atoms with Crippen molar-refractivity contribution >= 4 is 32.9 Å². The summed E-state index contributed by atoms with van der Waals surface area (Å²) in [5.74, 6) is 0.534. The molecule has 0 bridgehead atoms. The van der Waals surface area contributed by atoms with Crippen LogP contribution in [0.1, 0.15) is 30.7 Å². The lowest BCUT2D eigenvalue weighted by Gasteiger charge is -2.24. The Balaban J connectivity index is 3.14. The SMILES string of the molecule is Cc1cc(C)c(C(N)=S)c(NCC(C)(C)S(C)(=O)=O)n1. The third-order valence-electron chi connectivity index (χ3n) is 3.28. The molecular weight excluding hydrogens is 294 g/mol. The van der Waals surface area contributed by atoms with Crippen LogP contribution in [0.3, 0.4) is 0 Å². The highest BCUT2D eigenvalue weighted by Crippen LogP contribution is 2.21. The molecule has 1 rings (SSSR count). The maximum Gasteiger partial charge on any atom is 0.154 e. The van der Waals surface area contributed by atoms with Crippen LogP contribution in [0.2, 0.25) is 0 Å². The number of aromatic nitrogens is 1. The molecular formula is C13H21N3O2S2. The molecule has 0 atom stereocenters. The Kier molecular flexibility index (Phi) is 4.76. The molecule has 0 saturated heterocycles. The number of pyridine rings is 1. The van der Waals surface area contributed by atoms with Crippen LogP contribution in [-0.2, 0) is 9.84 Å². The monoisotopic (exact) mass is 315 g/mol. The number of thiocarbonyl (C=S) groups is 1. The van der Waals surface area contributed by atoms with E-state index in [0.29, 0.717) is 11.4 Å². The highest BCUT2D eigenvalue weighted by molar-refractivity contribution is 7.92. The lowest BCUT2D eigenvalue weighted by molar-refractivity contribution is 0.559. The highest BCUT2D eigenvalue weighted by atomic mass is 32.2. The summed E-state index contributed by atoms with van der Waals surface area (Å²) in [5, 5.41) is 3.07. The molecule has 1 aromatic heterocycles.